The number of aromatic nitrogens is 1. The summed E-state index contributed by atoms with van der Waals surface area (Å²) in [6.07, 6.45) is -1.49. The van der Waals surface area contributed by atoms with E-state index < -0.39 is 40.9 Å². The topological polar surface area (TPSA) is 231 Å². The lowest BCUT2D eigenvalue weighted by molar-refractivity contribution is -0.255. The second-order valence-electron chi connectivity index (χ2n) is 8.18. The summed E-state index contributed by atoms with van der Waals surface area (Å²) >= 11 is 0.882. The van der Waals surface area contributed by atoms with Crippen LogP contribution in [0.2, 0.25) is 0 Å². The van der Waals surface area contributed by atoms with Gasteiger partial charge < -0.3 is 51.5 Å². The van der Waals surface area contributed by atoms with Gasteiger partial charge in [0.05, 0.1) is 6.42 Å². The maximum atomic E-state index is 12.2. The van der Waals surface area contributed by atoms with Gasteiger partial charge in [-0.3, -0.25) is 10.1 Å². The van der Waals surface area contributed by atoms with Crippen LogP contribution in [0.25, 0.3) is 0 Å². The average Bonchev–Trinajstić information content (AvgIpc) is 3.16. The van der Waals surface area contributed by atoms with Crippen molar-refractivity contribution in [2.75, 3.05) is 24.7 Å². The van der Waals surface area contributed by atoms with E-state index >= 15 is 0 Å². The van der Waals surface area contributed by atoms with Crippen LogP contribution in [0.3, 0.4) is 0 Å². The van der Waals surface area contributed by atoms with Crippen molar-refractivity contribution in [1.29, 1.82) is 0 Å². The van der Waals surface area contributed by atoms with E-state index in [0.29, 0.717) is 12.1 Å². The molecule has 0 spiro atoms. The number of aromatic hydroxyl groups is 5. The molecule has 1 unspecified atom stereocenters. The Balaban J connectivity index is 1.61. The minimum Gasteiger partial charge on any atom is -0.504 e. The number of carbonyl (C=O) groups is 1. The Hall–Kier alpha value is -3.82. The number of nitrogens with one attached hydrogen (secondary N) is 2. The van der Waals surface area contributed by atoms with Crippen molar-refractivity contribution in [3.8, 4) is 28.1 Å². The fourth-order valence-electron chi connectivity index (χ4n) is 3.71. The van der Waals surface area contributed by atoms with E-state index in [0.717, 1.165) is 24.0 Å². The number of hydrogen-bond donors (Lipinski definition) is 10. The summed E-state index contributed by atoms with van der Waals surface area (Å²) in [6.45, 7) is 1.32. The van der Waals surface area contributed by atoms with Crippen molar-refractivity contribution in [1.82, 2.24) is 10.3 Å². The van der Waals surface area contributed by atoms with Gasteiger partial charge in [0.1, 0.15) is 5.69 Å². The van der Waals surface area contributed by atoms with E-state index in [4.69, 9.17) is 10.5 Å². The Bertz CT molecular complexity index is 1250. The highest BCUT2D eigenvalue weighted by atomic mass is 32.1. The summed E-state index contributed by atoms with van der Waals surface area (Å²) in [6, 6.07) is 6.72. The van der Waals surface area contributed by atoms with Gasteiger partial charge in [0.2, 0.25) is 17.4 Å². The number of ether oxygens (including phenoxy) is 1. The third-order valence-electron chi connectivity index (χ3n) is 5.61. The number of carbonyl (C=O) groups excluding carboxylic acids is 1. The molecule has 11 N–H and O–H groups in total. The van der Waals surface area contributed by atoms with Gasteiger partial charge in [-0.05, 0) is 31.0 Å². The maximum absolute atomic E-state index is 12.2. The Kier molecular flexibility index (Phi) is 8.30. The van der Waals surface area contributed by atoms with Crippen molar-refractivity contribution >= 4 is 28.1 Å². The van der Waals surface area contributed by atoms with Crippen LogP contribution in [-0.2, 0) is 22.4 Å². The number of aliphatic hydroxyl groups is 2. The number of anilines is 2. The highest BCUT2D eigenvalue weighted by Gasteiger charge is 2.40. The molecule has 1 atom stereocenters. The molecule has 0 radical (unpaired) electrons. The van der Waals surface area contributed by atoms with E-state index in [1.54, 1.807) is 24.3 Å². The molecule has 0 saturated heterocycles. The molecule has 0 bridgehead atoms. The van der Waals surface area contributed by atoms with Gasteiger partial charge in [0.15, 0.2) is 27.8 Å². The molecule has 0 aliphatic rings. The first-order valence-electron chi connectivity index (χ1n) is 10.9. The van der Waals surface area contributed by atoms with Crippen LogP contribution in [-0.4, -0.2) is 66.2 Å². The van der Waals surface area contributed by atoms with E-state index in [1.807, 2.05) is 0 Å². The predicted octanol–water partition coefficient (Wildman–Crippen LogP) is 0.901. The number of amides is 1. The molecular weight excluding hydrogens is 508 g/mol. The second-order valence-corrected chi connectivity index (χ2v) is 9.19. The first kappa shape index (κ1) is 27.8. The first-order valence-corrected chi connectivity index (χ1v) is 11.7. The smallest absolute Gasteiger partial charge is 0.254 e. The normalized spacial score (nSPS) is 12.4. The van der Waals surface area contributed by atoms with Crippen LogP contribution in [0.5, 0.6) is 28.1 Å². The summed E-state index contributed by atoms with van der Waals surface area (Å²) in [4.78, 5) is 16.1. The fourth-order valence-corrected chi connectivity index (χ4v) is 4.30. The van der Waals surface area contributed by atoms with Gasteiger partial charge >= 0.3 is 0 Å². The largest absolute Gasteiger partial charge is 0.504 e. The van der Waals surface area contributed by atoms with Gasteiger partial charge in [0.25, 0.3) is 5.91 Å². The zero-order chi connectivity index (χ0) is 27.5. The summed E-state index contributed by atoms with van der Waals surface area (Å²) in [5.74, 6) is -6.74. The molecule has 0 aliphatic heterocycles. The zero-order valence-corrected chi connectivity index (χ0v) is 20.7. The van der Waals surface area contributed by atoms with Gasteiger partial charge in [-0.2, -0.15) is 0 Å². The number of phenols is 4. The maximum Gasteiger partial charge on any atom is 0.254 e. The van der Waals surface area contributed by atoms with Gasteiger partial charge in [-0.15, -0.1) is 0 Å². The molecule has 3 rings (SSSR count). The molecule has 0 aliphatic carbocycles. The lowest BCUT2D eigenvalue weighted by Gasteiger charge is -2.32. The van der Waals surface area contributed by atoms with Gasteiger partial charge in [-0.25, -0.2) is 4.98 Å². The molecular formula is C23H28N4O9S. The molecule has 13 nitrogen and oxygen atoms in total. The van der Waals surface area contributed by atoms with Crippen LogP contribution >= 0.6 is 11.3 Å². The quantitative estimate of drug-likeness (QED) is 0.0989. The van der Waals surface area contributed by atoms with Crippen molar-refractivity contribution in [2.24, 2.45) is 0 Å². The molecule has 1 aromatic heterocycles. The monoisotopic (exact) mass is 536 g/mol. The Labute approximate surface area is 215 Å². The summed E-state index contributed by atoms with van der Waals surface area (Å²) in [5.41, 5.74) is 6.52. The number of thiazole rings is 1. The fraction of sp³-hybridized carbons (Fsp3) is 0.304. The number of methoxy groups -OCH3 is 1. The number of nitrogens with zero attached hydrogens (tertiary/aromatic N) is 1. The number of hydrogen-bond acceptors (Lipinski definition) is 13. The van der Waals surface area contributed by atoms with Crippen LogP contribution in [0.15, 0.2) is 24.3 Å². The van der Waals surface area contributed by atoms with Crippen molar-refractivity contribution < 1.29 is 45.3 Å². The predicted molar refractivity (Wildman–Crippen MR) is 133 cm³/mol. The number of nitrogens with two attached hydrogens (primary N) is 1. The number of benzene rings is 2. The van der Waals surface area contributed by atoms with Gasteiger partial charge in [-0.1, -0.05) is 23.5 Å². The Morgan fingerprint density at radius 1 is 1.08 bits per heavy atom. The molecule has 3 aromatic rings. The lowest BCUT2D eigenvalue weighted by Crippen LogP contribution is -2.51. The Morgan fingerprint density at radius 2 is 1.70 bits per heavy atom. The molecule has 200 valence electrons. The minimum atomic E-state index is -2.74. The van der Waals surface area contributed by atoms with Crippen molar-refractivity contribution in [2.45, 2.75) is 31.8 Å². The molecule has 37 heavy (non-hydrogen) atoms. The molecule has 2 aromatic carbocycles. The van der Waals surface area contributed by atoms with E-state index in [2.05, 4.69) is 15.6 Å². The molecule has 14 heteroatoms. The van der Waals surface area contributed by atoms with Crippen LogP contribution in [0.1, 0.15) is 28.5 Å². The van der Waals surface area contributed by atoms with Crippen LogP contribution < -0.4 is 16.4 Å². The zero-order valence-electron chi connectivity index (χ0n) is 19.9. The highest BCUT2D eigenvalue weighted by molar-refractivity contribution is 7.17. The SMILES string of the molecule is COC(c1c(C)c(O)c(O)c(O)c1O)C(O)(O)NCCc1ccc(NC(=O)Cc2nc(N)sc2O)cc1. The number of rotatable bonds is 10. The summed E-state index contributed by atoms with van der Waals surface area (Å²) in [7, 11) is 1.13. The standard InChI is InChI=1S/C23H28N4O9S/c1-10-15(17(30)19(32)18(31)16(10)29)20(36-2)23(34,35)25-8-7-11-3-5-12(6-4-11)26-14(28)9-13-21(33)37-22(24)27-13/h3-6,20,25,29-35H,7-9H2,1-2H3,(H2,24,27)(H,26,28). The van der Waals surface area contributed by atoms with Gasteiger partial charge in [0, 0.05) is 30.5 Å². The third kappa shape index (κ3) is 6.12. The minimum absolute atomic E-state index is 0.0267. The third-order valence-corrected chi connectivity index (χ3v) is 6.34. The summed E-state index contributed by atoms with van der Waals surface area (Å²) < 4.78 is 5.13. The van der Waals surface area contributed by atoms with Crippen molar-refractivity contribution in [3.63, 3.8) is 0 Å². The van der Waals surface area contributed by atoms with Crippen molar-refractivity contribution in [3.05, 3.63) is 46.6 Å². The number of nitrogen functional groups attached to an aromatic ring is 1. The first-order chi connectivity index (χ1) is 17.4. The van der Waals surface area contributed by atoms with Crippen LogP contribution in [0, 0.1) is 6.92 Å². The summed E-state index contributed by atoms with van der Waals surface area (Å²) in [5, 5.41) is 75.9. The lowest BCUT2D eigenvalue weighted by atomic mass is 9.97. The highest BCUT2D eigenvalue weighted by Crippen LogP contribution is 2.50. The van der Waals surface area contributed by atoms with E-state index in [1.165, 1.54) is 6.92 Å². The van der Waals surface area contributed by atoms with E-state index in [9.17, 15) is 40.5 Å². The molecule has 0 fully saturated rings. The molecule has 0 saturated carbocycles. The average molecular weight is 537 g/mol. The molecule has 1 heterocycles. The van der Waals surface area contributed by atoms with Crippen LogP contribution in [0.4, 0.5) is 10.8 Å². The number of phenolic OH excluding ortho intramolecular Hbond substituents is 4. The molecule has 1 amide bonds. The Morgan fingerprint density at radius 3 is 2.27 bits per heavy atom. The van der Waals surface area contributed by atoms with E-state index in [-0.39, 0.29) is 40.0 Å². The second kappa shape index (κ2) is 11.1.